The molecular formula is C20H22O4S. The van der Waals surface area contributed by atoms with E-state index in [2.05, 4.69) is 0 Å². The van der Waals surface area contributed by atoms with Crippen LogP contribution in [0.5, 0.6) is 0 Å². The molecule has 0 saturated carbocycles. The average Bonchev–Trinajstić information content (AvgIpc) is 2.65. The molecule has 1 fully saturated rings. The fraction of sp³-hybridized carbons (Fsp3) is 0.350. The minimum atomic E-state index is -3.60. The lowest BCUT2D eigenvalue weighted by molar-refractivity contribution is -0.152. The SMILES string of the molecule is O=C1OCCCC1C(CCc1ccccc1)S(=O)(=O)c1ccccc1. The number of hydrogen-bond acceptors (Lipinski definition) is 4. The number of carbonyl (C=O) groups excluding carboxylic acids is 1. The van der Waals surface area contributed by atoms with Gasteiger partial charge in [0.05, 0.1) is 22.7 Å². The molecule has 5 heteroatoms. The highest BCUT2D eigenvalue weighted by Crippen LogP contribution is 2.31. The van der Waals surface area contributed by atoms with Crippen LogP contribution in [0.2, 0.25) is 0 Å². The molecule has 0 amide bonds. The van der Waals surface area contributed by atoms with Crippen LogP contribution in [0, 0.1) is 5.92 Å². The van der Waals surface area contributed by atoms with E-state index in [1.807, 2.05) is 30.3 Å². The zero-order valence-corrected chi connectivity index (χ0v) is 14.8. The van der Waals surface area contributed by atoms with Crippen molar-refractivity contribution in [3.05, 3.63) is 66.2 Å². The van der Waals surface area contributed by atoms with Crippen LogP contribution < -0.4 is 0 Å². The number of cyclic esters (lactones) is 1. The quantitative estimate of drug-likeness (QED) is 0.743. The number of benzene rings is 2. The molecule has 1 aliphatic heterocycles. The fourth-order valence-corrected chi connectivity index (χ4v) is 5.34. The molecule has 2 atom stereocenters. The number of aryl methyl sites for hydroxylation is 1. The molecule has 1 saturated heterocycles. The Morgan fingerprint density at radius 2 is 1.64 bits per heavy atom. The molecule has 25 heavy (non-hydrogen) atoms. The minimum Gasteiger partial charge on any atom is -0.465 e. The molecule has 0 radical (unpaired) electrons. The van der Waals surface area contributed by atoms with E-state index in [-0.39, 0.29) is 10.9 Å². The van der Waals surface area contributed by atoms with Crippen LogP contribution in [-0.4, -0.2) is 26.2 Å². The van der Waals surface area contributed by atoms with Crippen molar-refractivity contribution in [2.24, 2.45) is 5.92 Å². The van der Waals surface area contributed by atoms with Crippen LogP contribution in [-0.2, 0) is 25.8 Å². The van der Waals surface area contributed by atoms with E-state index in [1.54, 1.807) is 30.3 Å². The molecule has 0 aliphatic carbocycles. The van der Waals surface area contributed by atoms with Crippen molar-refractivity contribution < 1.29 is 17.9 Å². The van der Waals surface area contributed by atoms with E-state index in [1.165, 1.54) is 0 Å². The Balaban J connectivity index is 1.89. The second kappa shape index (κ2) is 7.83. The second-order valence-corrected chi connectivity index (χ2v) is 8.50. The average molecular weight is 358 g/mol. The Morgan fingerprint density at radius 3 is 2.28 bits per heavy atom. The van der Waals surface area contributed by atoms with Gasteiger partial charge in [0.2, 0.25) is 0 Å². The summed E-state index contributed by atoms with van der Waals surface area (Å²) in [5.41, 5.74) is 1.07. The Hall–Kier alpha value is -2.14. The summed E-state index contributed by atoms with van der Waals surface area (Å²) in [5.74, 6) is -0.980. The second-order valence-electron chi connectivity index (χ2n) is 6.34. The number of rotatable bonds is 6. The minimum absolute atomic E-state index is 0.270. The highest BCUT2D eigenvalue weighted by atomic mass is 32.2. The Labute approximate surface area is 148 Å². The zero-order valence-electron chi connectivity index (χ0n) is 14.0. The highest BCUT2D eigenvalue weighted by Gasteiger charge is 2.40. The standard InChI is InChI=1S/C20H22O4S/c21-20-18(12-7-15-24-20)19(14-13-16-8-3-1-4-9-16)25(22,23)17-10-5-2-6-11-17/h1-6,8-11,18-19H,7,12-15H2. The van der Waals surface area contributed by atoms with Crippen molar-refractivity contribution in [1.29, 1.82) is 0 Å². The Morgan fingerprint density at radius 1 is 1.00 bits per heavy atom. The van der Waals surface area contributed by atoms with Gasteiger partial charge in [-0.3, -0.25) is 4.79 Å². The molecule has 132 valence electrons. The number of ether oxygens (including phenoxy) is 1. The maximum atomic E-state index is 13.2. The largest absolute Gasteiger partial charge is 0.465 e. The first-order valence-corrected chi connectivity index (χ1v) is 10.1. The summed E-state index contributed by atoms with van der Waals surface area (Å²) < 4.78 is 31.5. The van der Waals surface area contributed by atoms with Crippen molar-refractivity contribution in [3.63, 3.8) is 0 Å². The molecule has 0 spiro atoms. The summed E-state index contributed by atoms with van der Waals surface area (Å²) >= 11 is 0. The first-order valence-electron chi connectivity index (χ1n) is 8.58. The lowest BCUT2D eigenvalue weighted by Gasteiger charge is -2.28. The summed E-state index contributed by atoms with van der Waals surface area (Å²) in [6.07, 6.45) is 2.29. The third-order valence-electron chi connectivity index (χ3n) is 4.69. The highest BCUT2D eigenvalue weighted by molar-refractivity contribution is 7.92. The van der Waals surface area contributed by atoms with E-state index in [4.69, 9.17) is 4.74 Å². The van der Waals surface area contributed by atoms with E-state index in [9.17, 15) is 13.2 Å². The third-order valence-corrected chi connectivity index (χ3v) is 6.98. The molecule has 1 heterocycles. The molecule has 1 aliphatic rings. The van der Waals surface area contributed by atoms with Gasteiger partial charge in [-0.1, -0.05) is 48.5 Å². The van der Waals surface area contributed by atoms with Crippen LogP contribution >= 0.6 is 0 Å². The summed E-state index contributed by atoms with van der Waals surface area (Å²) in [5, 5.41) is -0.761. The van der Waals surface area contributed by atoms with Crippen molar-refractivity contribution >= 4 is 15.8 Å². The smallest absolute Gasteiger partial charge is 0.310 e. The summed E-state index contributed by atoms with van der Waals surface area (Å²) in [4.78, 5) is 12.5. The number of hydrogen-bond donors (Lipinski definition) is 0. The monoisotopic (exact) mass is 358 g/mol. The van der Waals surface area contributed by atoms with Crippen molar-refractivity contribution in [2.75, 3.05) is 6.61 Å². The van der Waals surface area contributed by atoms with E-state index in [0.29, 0.717) is 32.3 Å². The Kier molecular flexibility index (Phi) is 5.53. The van der Waals surface area contributed by atoms with Crippen LogP contribution in [0.1, 0.15) is 24.8 Å². The third kappa shape index (κ3) is 4.10. The topological polar surface area (TPSA) is 60.4 Å². The molecular weight excluding hydrogens is 336 g/mol. The predicted molar refractivity (Wildman–Crippen MR) is 95.9 cm³/mol. The lowest BCUT2D eigenvalue weighted by Crippen LogP contribution is -2.39. The first kappa shape index (κ1) is 17.7. The number of sulfone groups is 1. The summed E-state index contributed by atoms with van der Waals surface area (Å²) in [6.45, 7) is 0.381. The number of esters is 1. The van der Waals surface area contributed by atoms with Crippen LogP contribution in [0.15, 0.2) is 65.6 Å². The zero-order chi connectivity index (χ0) is 17.7. The van der Waals surface area contributed by atoms with Gasteiger partial charge in [-0.05, 0) is 43.4 Å². The van der Waals surface area contributed by atoms with Gasteiger partial charge in [0, 0.05) is 0 Å². The molecule has 4 nitrogen and oxygen atoms in total. The maximum Gasteiger partial charge on any atom is 0.310 e. The van der Waals surface area contributed by atoms with Gasteiger partial charge in [-0.2, -0.15) is 0 Å². The number of carbonyl (C=O) groups is 1. The molecule has 0 aromatic heterocycles. The molecule has 0 bridgehead atoms. The van der Waals surface area contributed by atoms with Gasteiger partial charge >= 0.3 is 5.97 Å². The molecule has 2 aromatic rings. The van der Waals surface area contributed by atoms with Gasteiger partial charge in [0.25, 0.3) is 0 Å². The summed E-state index contributed by atoms with van der Waals surface area (Å²) in [7, 11) is -3.60. The Bertz CT molecular complexity index is 800. The van der Waals surface area contributed by atoms with Crippen molar-refractivity contribution in [1.82, 2.24) is 0 Å². The van der Waals surface area contributed by atoms with Gasteiger partial charge in [-0.15, -0.1) is 0 Å². The van der Waals surface area contributed by atoms with Gasteiger partial charge in [0.15, 0.2) is 9.84 Å². The van der Waals surface area contributed by atoms with Crippen molar-refractivity contribution in [2.45, 2.75) is 35.8 Å². The molecule has 0 N–H and O–H groups in total. The molecule has 3 rings (SSSR count). The van der Waals surface area contributed by atoms with Gasteiger partial charge in [-0.25, -0.2) is 8.42 Å². The normalized spacial score (nSPS) is 19.2. The van der Waals surface area contributed by atoms with Gasteiger partial charge in [0.1, 0.15) is 0 Å². The van der Waals surface area contributed by atoms with E-state index >= 15 is 0 Å². The van der Waals surface area contributed by atoms with Gasteiger partial charge < -0.3 is 4.74 Å². The van der Waals surface area contributed by atoms with E-state index in [0.717, 1.165) is 5.56 Å². The lowest BCUT2D eigenvalue weighted by atomic mass is 9.93. The predicted octanol–water partition coefficient (Wildman–Crippen LogP) is 3.41. The van der Waals surface area contributed by atoms with Crippen molar-refractivity contribution in [3.8, 4) is 0 Å². The summed E-state index contributed by atoms with van der Waals surface area (Å²) in [6, 6.07) is 18.2. The van der Waals surface area contributed by atoms with Crippen LogP contribution in [0.25, 0.3) is 0 Å². The molecule has 2 aromatic carbocycles. The first-order chi connectivity index (χ1) is 12.1. The van der Waals surface area contributed by atoms with E-state index < -0.39 is 21.0 Å². The van der Waals surface area contributed by atoms with Crippen LogP contribution in [0.3, 0.4) is 0 Å². The maximum absolute atomic E-state index is 13.2. The van der Waals surface area contributed by atoms with Crippen LogP contribution in [0.4, 0.5) is 0 Å². The molecule has 2 unspecified atom stereocenters. The fourth-order valence-electron chi connectivity index (χ4n) is 3.35.